The van der Waals surface area contributed by atoms with E-state index in [4.69, 9.17) is 9.47 Å². The van der Waals surface area contributed by atoms with Gasteiger partial charge in [-0.05, 0) is 51.1 Å². The summed E-state index contributed by atoms with van der Waals surface area (Å²) in [7, 11) is 5.55. The summed E-state index contributed by atoms with van der Waals surface area (Å²) in [6, 6.07) is 14.8. The van der Waals surface area contributed by atoms with Crippen molar-refractivity contribution in [1.82, 2.24) is 10.2 Å². The summed E-state index contributed by atoms with van der Waals surface area (Å²) in [6.45, 7) is 8.56. The molecule has 2 rings (SSSR count). The van der Waals surface area contributed by atoms with Crippen molar-refractivity contribution >= 4 is 11.6 Å². The number of methoxy groups -OCH3 is 1. The van der Waals surface area contributed by atoms with Crippen LogP contribution in [0.25, 0.3) is 0 Å². The molecule has 0 saturated carbocycles. The molecule has 0 radical (unpaired) electrons. The molecule has 0 amide bonds. The lowest BCUT2D eigenvalue weighted by Gasteiger charge is -2.23. The van der Waals surface area contributed by atoms with Gasteiger partial charge in [0.1, 0.15) is 0 Å². The van der Waals surface area contributed by atoms with E-state index in [2.05, 4.69) is 65.7 Å². The van der Waals surface area contributed by atoms with Crippen molar-refractivity contribution in [3.8, 4) is 11.5 Å². The fourth-order valence-corrected chi connectivity index (χ4v) is 2.85. The molecule has 0 bridgehead atoms. The summed E-state index contributed by atoms with van der Waals surface area (Å²) in [6.07, 6.45) is 0. The predicted octanol–water partition coefficient (Wildman–Crippen LogP) is 4.12. The smallest absolute Gasteiger partial charge is 0.195 e. The van der Waals surface area contributed by atoms with Gasteiger partial charge >= 0.3 is 0 Å². The van der Waals surface area contributed by atoms with Crippen LogP contribution in [0.15, 0.2) is 47.5 Å². The van der Waals surface area contributed by atoms with Gasteiger partial charge in [-0.3, -0.25) is 9.89 Å². The number of anilines is 1. The Kier molecular flexibility index (Phi) is 8.80. The van der Waals surface area contributed by atoms with Crippen molar-refractivity contribution in [2.24, 2.45) is 4.99 Å². The number of guanidine groups is 1. The lowest BCUT2D eigenvalue weighted by molar-refractivity contribution is 0.265. The third kappa shape index (κ3) is 6.68. The van der Waals surface area contributed by atoms with Gasteiger partial charge in [0.25, 0.3) is 0 Å². The molecule has 2 N–H and O–H groups in total. The van der Waals surface area contributed by atoms with Gasteiger partial charge in [0.15, 0.2) is 17.5 Å². The zero-order valence-electron chi connectivity index (χ0n) is 18.5. The molecule has 0 unspecified atom stereocenters. The predicted molar refractivity (Wildman–Crippen MR) is 121 cm³/mol. The number of aliphatic imine (C=N–C) groups is 1. The average Bonchev–Trinajstić information content (AvgIpc) is 2.72. The van der Waals surface area contributed by atoms with Crippen molar-refractivity contribution in [3.05, 3.63) is 53.6 Å². The Balaban J connectivity index is 2.05. The molecule has 0 fully saturated rings. The average molecular weight is 399 g/mol. The fourth-order valence-electron chi connectivity index (χ4n) is 2.85. The van der Waals surface area contributed by atoms with Crippen molar-refractivity contribution in [2.45, 2.75) is 39.9 Å². The fraction of sp³-hybridized carbons (Fsp3) is 0.435. The first-order valence-electron chi connectivity index (χ1n) is 10.0. The molecule has 0 heterocycles. The van der Waals surface area contributed by atoms with E-state index in [9.17, 15) is 0 Å². The molecule has 6 nitrogen and oxygen atoms in total. The third-order valence-electron chi connectivity index (χ3n) is 4.82. The highest BCUT2D eigenvalue weighted by molar-refractivity contribution is 5.93. The lowest BCUT2D eigenvalue weighted by Crippen LogP contribution is -2.31. The second-order valence-corrected chi connectivity index (χ2v) is 7.13. The van der Waals surface area contributed by atoms with Gasteiger partial charge in [-0.2, -0.15) is 0 Å². The molecule has 158 valence electrons. The SMILES string of the molecule is CCOc1ccc(NC(=NC)NCc2ccccc2CN(C)C(C)C)cc1OC. The molecule has 2 aromatic rings. The molecule has 6 heteroatoms. The first-order chi connectivity index (χ1) is 14.0. The number of rotatable bonds is 9. The van der Waals surface area contributed by atoms with E-state index in [1.165, 1.54) is 11.1 Å². The Bertz CT molecular complexity index is 805. The van der Waals surface area contributed by atoms with E-state index in [0.29, 0.717) is 30.9 Å². The van der Waals surface area contributed by atoms with E-state index < -0.39 is 0 Å². The topological polar surface area (TPSA) is 58.1 Å². The number of hydrogen-bond acceptors (Lipinski definition) is 4. The maximum absolute atomic E-state index is 5.58. The second kappa shape index (κ2) is 11.3. The van der Waals surface area contributed by atoms with E-state index >= 15 is 0 Å². The van der Waals surface area contributed by atoms with Crippen LogP contribution in [0.5, 0.6) is 11.5 Å². The number of ether oxygens (including phenoxy) is 2. The van der Waals surface area contributed by atoms with Crippen LogP contribution in [0.4, 0.5) is 5.69 Å². The Morgan fingerprint density at radius 3 is 2.45 bits per heavy atom. The summed E-state index contributed by atoms with van der Waals surface area (Å²) in [5.41, 5.74) is 3.45. The normalized spacial score (nSPS) is 11.7. The molecule has 0 saturated heterocycles. The maximum Gasteiger partial charge on any atom is 0.195 e. The summed E-state index contributed by atoms with van der Waals surface area (Å²) in [5, 5.41) is 6.72. The standard InChI is InChI=1S/C23H34N4O2/c1-7-29-21-13-12-20(14-22(21)28-6)26-23(24-4)25-15-18-10-8-9-11-19(18)16-27(5)17(2)3/h8-14,17H,7,15-16H2,1-6H3,(H2,24,25,26). The van der Waals surface area contributed by atoms with Crippen LogP contribution in [-0.4, -0.2) is 44.7 Å². The molecule has 0 aliphatic heterocycles. The van der Waals surface area contributed by atoms with E-state index in [1.807, 2.05) is 25.1 Å². The van der Waals surface area contributed by atoms with Gasteiger partial charge in [0.2, 0.25) is 0 Å². The molecule has 0 aromatic heterocycles. The Labute approximate surface area is 174 Å². The van der Waals surface area contributed by atoms with Gasteiger partial charge in [0, 0.05) is 37.9 Å². The second-order valence-electron chi connectivity index (χ2n) is 7.13. The van der Waals surface area contributed by atoms with Crippen LogP contribution in [0.2, 0.25) is 0 Å². The first-order valence-corrected chi connectivity index (χ1v) is 10.0. The molecular weight excluding hydrogens is 364 g/mol. The molecular formula is C23H34N4O2. The van der Waals surface area contributed by atoms with Crippen molar-refractivity contribution < 1.29 is 9.47 Å². The van der Waals surface area contributed by atoms with Crippen LogP contribution < -0.4 is 20.1 Å². The zero-order valence-corrected chi connectivity index (χ0v) is 18.5. The monoisotopic (exact) mass is 398 g/mol. The minimum atomic E-state index is 0.500. The van der Waals surface area contributed by atoms with Crippen LogP contribution >= 0.6 is 0 Å². The van der Waals surface area contributed by atoms with Crippen molar-refractivity contribution in [3.63, 3.8) is 0 Å². The highest BCUT2D eigenvalue weighted by Crippen LogP contribution is 2.30. The number of hydrogen-bond donors (Lipinski definition) is 2. The largest absolute Gasteiger partial charge is 0.493 e. The Morgan fingerprint density at radius 1 is 1.10 bits per heavy atom. The highest BCUT2D eigenvalue weighted by Gasteiger charge is 2.10. The number of benzene rings is 2. The summed E-state index contributed by atoms with van der Waals surface area (Å²) in [4.78, 5) is 6.67. The molecule has 0 aliphatic rings. The number of nitrogens with zero attached hydrogens (tertiary/aromatic N) is 2. The highest BCUT2D eigenvalue weighted by atomic mass is 16.5. The van der Waals surface area contributed by atoms with Gasteiger partial charge in [0.05, 0.1) is 13.7 Å². The molecule has 29 heavy (non-hydrogen) atoms. The van der Waals surface area contributed by atoms with Crippen molar-refractivity contribution in [2.75, 3.05) is 33.1 Å². The Hall–Kier alpha value is -2.73. The first kappa shape index (κ1) is 22.6. The van der Waals surface area contributed by atoms with Crippen LogP contribution in [0, 0.1) is 0 Å². The minimum Gasteiger partial charge on any atom is -0.493 e. The van der Waals surface area contributed by atoms with Crippen LogP contribution in [0.3, 0.4) is 0 Å². The maximum atomic E-state index is 5.58. The molecule has 2 aromatic carbocycles. The van der Waals surface area contributed by atoms with E-state index in [0.717, 1.165) is 18.0 Å². The van der Waals surface area contributed by atoms with Crippen LogP contribution in [0.1, 0.15) is 31.9 Å². The lowest BCUT2D eigenvalue weighted by atomic mass is 10.1. The van der Waals surface area contributed by atoms with Gasteiger partial charge in [-0.25, -0.2) is 0 Å². The summed E-state index contributed by atoms with van der Waals surface area (Å²) >= 11 is 0. The van der Waals surface area contributed by atoms with Crippen molar-refractivity contribution in [1.29, 1.82) is 0 Å². The molecule has 0 spiro atoms. The Morgan fingerprint density at radius 2 is 1.83 bits per heavy atom. The van der Waals surface area contributed by atoms with E-state index in [-0.39, 0.29) is 0 Å². The third-order valence-corrected chi connectivity index (χ3v) is 4.82. The van der Waals surface area contributed by atoms with Crippen LogP contribution in [-0.2, 0) is 13.1 Å². The number of nitrogens with one attached hydrogen (secondary N) is 2. The molecule has 0 atom stereocenters. The summed E-state index contributed by atoms with van der Waals surface area (Å²) in [5.74, 6) is 2.12. The minimum absolute atomic E-state index is 0.500. The zero-order chi connectivity index (χ0) is 21.2. The van der Waals surface area contributed by atoms with Gasteiger partial charge in [-0.1, -0.05) is 24.3 Å². The quantitative estimate of drug-likeness (QED) is 0.491. The van der Waals surface area contributed by atoms with Gasteiger partial charge in [-0.15, -0.1) is 0 Å². The summed E-state index contributed by atoms with van der Waals surface area (Å²) < 4.78 is 11.0. The van der Waals surface area contributed by atoms with Gasteiger partial charge < -0.3 is 20.1 Å². The molecule has 0 aliphatic carbocycles. The van der Waals surface area contributed by atoms with E-state index in [1.54, 1.807) is 14.2 Å².